The number of nitrogens with one attached hydrogen (secondary N) is 1. The zero-order valence-corrected chi connectivity index (χ0v) is 21.1. The molecule has 1 heterocycles. The molecule has 0 aliphatic carbocycles. The van der Waals surface area contributed by atoms with Gasteiger partial charge in [0.25, 0.3) is 0 Å². The standard InChI is InChI=1S/C30H36N4O/c1-32(2)15-14-31-28-11-7-8-24(20-28)12-13-30(35)27-21-26(25-9-5-4-6-10-25)22-29(23-27)34-18-16-33(3)17-19-34/h4-13,20-23,31H,14-19H2,1-3H3. The molecule has 0 saturated carbocycles. The number of rotatable bonds is 9. The number of allylic oxidation sites excluding steroid dienone is 1. The fourth-order valence-electron chi connectivity index (χ4n) is 4.24. The highest BCUT2D eigenvalue weighted by atomic mass is 16.1. The highest BCUT2D eigenvalue weighted by Crippen LogP contribution is 2.28. The van der Waals surface area contributed by atoms with Crippen LogP contribution in [-0.2, 0) is 0 Å². The van der Waals surface area contributed by atoms with E-state index in [2.05, 4.69) is 71.5 Å². The van der Waals surface area contributed by atoms with Crippen LogP contribution in [0.2, 0.25) is 0 Å². The van der Waals surface area contributed by atoms with Crippen LogP contribution >= 0.6 is 0 Å². The maximum absolute atomic E-state index is 13.3. The Bertz CT molecular complexity index is 1150. The van der Waals surface area contributed by atoms with Gasteiger partial charge in [-0.15, -0.1) is 0 Å². The van der Waals surface area contributed by atoms with Crippen LogP contribution in [0.1, 0.15) is 15.9 Å². The summed E-state index contributed by atoms with van der Waals surface area (Å²) in [6.45, 7) is 5.82. The summed E-state index contributed by atoms with van der Waals surface area (Å²) < 4.78 is 0. The van der Waals surface area contributed by atoms with Gasteiger partial charge in [0.1, 0.15) is 0 Å². The van der Waals surface area contributed by atoms with E-state index in [1.54, 1.807) is 6.08 Å². The van der Waals surface area contributed by atoms with Crippen molar-refractivity contribution in [2.24, 2.45) is 0 Å². The van der Waals surface area contributed by atoms with E-state index < -0.39 is 0 Å². The monoisotopic (exact) mass is 468 g/mol. The van der Waals surface area contributed by atoms with Crippen molar-refractivity contribution in [3.05, 3.63) is 90.0 Å². The molecular formula is C30H36N4O. The Morgan fingerprint density at radius 1 is 0.914 bits per heavy atom. The predicted octanol–water partition coefficient (Wildman–Crippen LogP) is 4.98. The van der Waals surface area contributed by atoms with Crippen LogP contribution in [0.5, 0.6) is 0 Å². The lowest BCUT2D eigenvalue weighted by atomic mass is 9.99. The van der Waals surface area contributed by atoms with E-state index in [9.17, 15) is 4.79 Å². The number of benzene rings is 3. The number of hydrogen-bond donors (Lipinski definition) is 1. The topological polar surface area (TPSA) is 38.8 Å². The third kappa shape index (κ3) is 7.04. The van der Waals surface area contributed by atoms with Crippen molar-refractivity contribution in [3.8, 4) is 11.1 Å². The zero-order valence-electron chi connectivity index (χ0n) is 21.1. The summed E-state index contributed by atoms with van der Waals surface area (Å²) in [5.74, 6) is 0.0177. The first kappa shape index (κ1) is 24.7. The van der Waals surface area contributed by atoms with Crippen LogP contribution < -0.4 is 10.2 Å². The van der Waals surface area contributed by atoms with Crippen LogP contribution in [0.15, 0.2) is 78.9 Å². The third-order valence-electron chi connectivity index (χ3n) is 6.38. The minimum absolute atomic E-state index is 0.0177. The molecule has 1 saturated heterocycles. The highest BCUT2D eigenvalue weighted by Gasteiger charge is 2.17. The van der Waals surface area contributed by atoms with Crippen LogP contribution in [0, 0.1) is 0 Å². The maximum Gasteiger partial charge on any atom is 0.185 e. The molecule has 1 aliphatic rings. The molecule has 182 valence electrons. The van der Waals surface area contributed by atoms with Gasteiger partial charge < -0.3 is 20.0 Å². The molecule has 1 fully saturated rings. The number of carbonyl (C=O) groups excluding carboxylic acids is 1. The van der Waals surface area contributed by atoms with Crippen molar-refractivity contribution in [3.63, 3.8) is 0 Å². The van der Waals surface area contributed by atoms with E-state index in [4.69, 9.17) is 0 Å². The zero-order chi connectivity index (χ0) is 24.6. The van der Waals surface area contributed by atoms with Gasteiger partial charge in [0.05, 0.1) is 0 Å². The second-order valence-corrected chi connectivity index (χ2v) is 9.48. The Kier molecular flexibility index (Phi) is 8.35. The Balaban J connectivity index is 1.56. The van der Waals surface area contributed by atoms with Crippen molar-refractivity contribution in [1.82, 2.24) is 9.80 Å². The second kappa shape index (κ2) is 11.8. The Labute approximate surface area is 209 Å². The van der Waals surface area contributed by atoms with E-state index in [0.29, 0.717) is 0 Å². The third-order valence-corrected chi connectivity index (χ3v) is 6.38. The smallest absolute Gasteiger partial charge is 0.185 e. The molecule has 3 aromatic rings. The van der Waals surface area contributed by atoms with Gasteiger partial charge in [0.2, 0.25) is 0 Å². The normalized spacial score (nSPS) is 14.6. The first-order valence-corrected chi connectivity index (χ1v) is 12.3. The lowest BCUT2D eigenvalue weighted by Crippen LogP contribution is -2.44. The average Bonchev–Trinajstić information content (AvgIpc) is 2.88. The van der Waals surface area contributed by atoms with E-state index in [0.717, 1.165) is 72.9 Å². The van der Waals surface area contributed by atoms with Crippen molar-refractivity contribution < 1.29 is 4.79 Å². The molecule has 1 aliphatic heterocycles. The molecule has 0 radical (unpaired) electrons. The minimum Gasteiger partial charge on any atom is -0.384 e. The first-order valence-electron chi connectivity index (χ1n) is 12.3. The summed E-state index contributed by atoms with van der Waals surface area (Å²) in [5.41, 5.74) is 6.10. The Hall–Kier alpha value is -3.41. The van der Waals surface area contributed by atoms with E-state index in [1.807, 2.05) is 48.5 Å². The number of carbonyl (C=O) groups is 1. The number of nitrogens with zero attached hydrogens (tertiary/aromatic N) is 3. The summed E-state index contributed by atoms with van der Waals surface area (Å²) >= 11 is 0. The average molecular weight is 469 g/mol. The number of hydrogen-bond acceptors (Lipinski definition) is 5. The second-order valence-electron chi connectivity index (χ2n) is 9.48. The van der Waals surface area contributed by atoms with Gasteiger partial charge >= 0.3 is 0 Å². The van der Waals surface area contributed by atoms with E-state index in [1.165, 1.54) is 0 Å². The predicted molar refractivity (Wildman–Crippen MR) is 148 cm³/mol. The molecule has 3 aromatic carbocycles. The lowest BCUT2D eigenvalue weighted by molar-refractivity contribution is 0.104. The lowest BCUT2D eigenvalue weighted by Gasteiger charge is -2.34. The van der Waals surface area contributed by atoms with Crippen molar-refractivity contribution in [1.29, 1.82) is 0 Å². The van der Waals surface area contributed by atoms with Gasteiger partial charge in [0, 0.05) is 56.2 Å². The van der Waals surface area contributed by atoms with Gasteiger partial charge in [-0.25, -0.2) is 0 Å². The van der Waals surface area contributed by atoms with Crippen molar-refractivity contribution in [2.75, 3.05) is 70.6 Å². The molecule has 0 unspecified atom stereocenters. The number of anilines is 2. The summed E-state index contributed by atoms with van der Waals surface area (Å²) in [6.07, 6.45) is 3.60. The first-order chi connectivity index (χ1) is 17.0. The van der Waals surface area contributed by atoms with Crippen molar-refractivity contribution in [2.45, 2.75) is 0 Å². The molecular weight excluding hydrogens is 432 g/mol. The molecule has 0 bridgehead atoms. The molecule has 0 atom stereocenters. The minimum atomic E-state index is 0.0177. The fraction of sp³-hybridized carbons (Fsp3) is 0.300. The summed E-state index contributed by atoms with van der Waals surface area (Å²) in [7, 11) is 6.28. The van der Waals surface area contributed by atoms with Gasteiger partial charge in [-0.05, 0) is 74.2 Å². The quantitative estimate of drug-likeness (QED) is 0.354. The molecule has 0 spiro atoms. The van der Waals surface area contributed by atoms with Crippen LogP contribution in [0.3, 0.4) is 0 Å². The molecule has 1 N–H and O–H groups in total. The SMILES string of the molecule is CN(C)CCNc1cccc(C=CC(=O)c2cc(-c3ccccc3)cc(N3CCN(C)CC3)c2)c1. The van der Waals surface area contributed by atoms with Crippen molar-refractivity contribution >= 4 is 23.2 Å². The Morgan fingerprint density at radius 3 is 2.43 bits per heavy atom. The van der Waals surface area contributed by atoms with E-state index >= 15 is 0 Å². The molecule has 0 amide bonds. The molecule has 4 rings (SSSR count). The van der Waals surface area contributed by atoms with Gasteiger partial charge in [0.15, 0.2) is 5.78 Å². The molecule has 5 nitrogen and oxygen atoms in total. The van der Waals surface area contributed by atoms with Gasteiger partial charge in [-0.3, -0.25) is 4.79 Å². The van der Waals surface area contributed by atoms with Crippen LogP contribution in [-0.4, -0.2) is 76.0 Å². The number of likely N-dealkylation sites (N-methyl/N-ethyl adjacent to an activating group) is 2. The molecule has 5 heteroatoms. The van der Waals surface area contributed by atoms with Crippen LogP contribution in [0.4, 0.5) is 11.4 Å². The molecule has 35 heavy (non-hydrogen) atoms. The number of ketones is 1. The number of piperazine rings is 1. The fourth-order valence-corrected chi connectivity index (χ4v) is 4.24. The highest BCUT2D eigenvalue weighted by molar-refractivity contribution is 6.08. The summed E-state index contributed by atoms with van der Waals surface area (Å²) in [4.78, 5) is 20.2. The van der Waals surface area contributed by atoms with Gasteiger partial charge in [-0.2, -0.15) is 0 Å². The molecule has 0 aromatic heterocycles. The van der Waals surface area contributed by atoms with E-state index in [-0.39, 0.29) is 5.78 Å². The summed E-state index contributed by atoms with van der Waals surface area (Å²) in [6, 6.07) is 24.7. The van der Waals surface area contributed by atoms with Crippen LogP contribution in [0.25, 0.3) is 17.2 Å². The maximum atomic E-state index is 13.3. The Morgan fingerprint density at radius 2 is 1.69 bits per heavy atom. The summed E-state index contributed by atoms with van der Waals surface area (Å²) in [5, 5.41) is 3.44. The van der Waals surface area contributed by atoms with Gasteiger partial charge in [-0.1, -0.05) is 48.5 Å². The largest absolute Gasteiger partial charge is 0.384 e.